The number of rotatable bonds is 2. The highest BCUT2D eigenvalue weighted by Crippen LogP contribution is 2.21. The Morgan fingerprint density at radius 1 is 1.44 bits per heavy atom. The van der Waals surface area contributed by atoms with Crippen molar-refractivity contribution in [1.29, 1.82) is 0 Å². The minimum atomic E-state index is -1.09. The van der Waals surface area contributed by atoms with Gasteiger partial charge in [-0.15, -0.1) is 0 Å². The van der Waals surface area contributed by atoms with Crippen LogP contribution < -0.4 is 4.74 Å². The Balaban J connectivity index is 3.06. The highest BCUT2D eigenvalue weighted by Gasteiger charge is 2.08. The maximum absolute atomic E-state index is 12.9. The van der Waals surface area contributed by atoms with E-state index < -0.39 is 17.6 Å². The normalized spacial score (nSPS) is 9.19. The van der Waals surface area contributed by atoms with Crippen molar-refractivity contribution in [3.8, 4) is 17.6 Å². The van der Waals surface area contributed by atoms with Gasteiger partial charge in [0.15, 0.2) is 11.6 Å². The first-order chi connectivity index (χ1) is 7.54. The molecule has 0 fully saturated rings. The minimum Gasteiger partial charge on any atom is -0.495 e. The van der Waals surface area contributed by atoms with Gasteiger partial charge in [-0.05, 0) is 6.07 Å². The fourth-order valence-corrected chi connectivity index (χ4v) is 1.01. The Morgan fingerprint density at radius 3 is 2.62 bits per heavy atom. The first kappa shape index (κ1) is 12.0. The van der Waals surface area contributed by atoms with Crippen LogP contribution in [-0.2, 0) is 4.79 Å². The highest BCUT2D eigenvalue weighted by atomic mass is 19.2. The molecule has 0 unspecified atom stereocenters. The summed E-state index contributed by atoms with van der Waals surface area (Å²) in [7, 11) is 1.29. The molecule has 1 rings (SSSR count). The third-order valence-electron chi connectivity index (χ3n) is 1.71. The van der Waals surface area contributed by atoms with E-state index in [2.05, 4.69) is 11.8 Å². The largest absolute Gasteiger partial charge is 0.495 e. The molecule has 1 N–H and O–H groups in total. The second kappa shape index (κ2) is 5.12. The summed E-state index contributed by atoms with van der Waals surface area (Å²) in [5.74, 6) is 1.59. The molecule has 0 amide bonds. The molecule has 0 aliphatic heterocycles. The fourth-order valence-electron chi connectivity index (χ4n) is 1.01. The molecule has 1 aromatic carbocycles. The zero-order valence-corrected chi connectivity index (χ0v) is 8.38. The number of carboxylic acid groups (broad SMARTS) is 1. The second-order valence-electron chi connectivity index (χ2n) is 2.84. The van der Waals surface area contributed by atoms with Gasteiger partial charge in [0.05, 0.1) is 12.7 Å². The van der Waals surface area contributed by atoms with E-state index in [1.165, 1.54) is 7.11 Å². The molecule has 0 aliphatic rings. The molecule has 84 valence electrons. The van der Waals surface area contributed by atoms with Crippen LogP contribution in [0.4, 0.5) is 8.78 Å². The van der Waals surface area contributed by atoms with Crippen molar-refractivity contribution in [3.63, 3.8) is 0 Å². The molecule has 0 saturated heterocycles. The molecular formula is C11H8F2O3. The van der Waals surface area contributed by atoms with Crippen molar-refractivity contribution in [2.45, 2.75) is 6.42 Å². The third-order valence-corrected chi connectivity index (χ3v) is 1.71. The standard InChI is InChI=1S/C11H8F2O3/c1-16-10-6-9(13)8(12)5-7(10)3-2-4-11(14)15/h5-6H,4H2,1H3,(H,14,15). The maximum atomic E-state index is 12.9. The zero-order chi connectivity index (χ0) is 12.1. The Labute approximate surface area is 90.7 Å². The molecule has 0 heterocycles. The minimum absolute atomic E-state index is 0.0665. The molecule has 0 saturated carbocycles. The van der Waals surface area contributed by atoms with E-state index in [9.17, 15) is 13.6 Å². The van der Waals surface area contributed by atoms with Crippen molar-refractivity contribution in [3.05, 3.63) is 29.3 Å². The number of ether oxygens (including phenoxy) is 1. The van der Waals surface area contributed by atoms with Crippen LogP contribution in [0.25, 0.3) is 0 Å². The number of carboxylic acids is 1. The number of halogens is 2. The number of hydrogen-bond acceptors (Lipinski definition) is 2. The summed E-state index contributed by atoms with van der Waals surface area (Å²) >= 11 is 0. The quantitative estimate of drug-likeness (QED) is 0.782. The molecule has 0 radical (unpaired) electrons. The molecule has 0 bridgehead atoms. The Bertz CT molecular complexity index is 472. The lowest BCUT2D eigenvalue weighted by atomic mass is 10.2. The van der Waals surface area contributed by atoms with E-state index in [0.29, 0.717) is 0 Å². The van der Waals surface area contributed by atoms with E-state index in [1.54, 1.807) is 0 Å². The van der Waals surface area contributed by atoms with Gasteiger partial charge in [0, 0.05) is 6.07 Å². The van der Waals surface area contributed by atoms with Gasteiger partial charge in [0.1, 0.15) is 12.2 Å². The number of carbonyl (C=O) groups is 1. The average Bonchev–Trinajstić information content (AvgIpc) is 2.22. The molecule has 0 atom stereocenters. The molecule has 1 aromatic rings. The molecule has 16 heavy (non-hydrogen) atoms. The summed E-state index contributed by atoms with van der Waals surface area (Å²) in [4.78, 5) is 10.2. The number of methoxy groups -OCH3 is 1. The molecule has 5 heteroatoms. The summed E-state index contributed by atoms with van der Waals surface area (Å²) in [6, 6.07) is 1.73. The van der Waals surface area contributed by atoms with Crippen molar-refractivity contribution < 1.29 is 23.4 Å². The maximum Gasteiger partial charge on any atom is 0.315 e. The SMILES string of the molecule is COc1cc(F)c(F)cc1C#CCC(=O)O. The molecule has 0 aliphatic carbocycles. The van der Waals surface area contributed by atoms with Gasteiger partial charge < -0.3 is 9.84 Å². The summed E-state index contributed by atoms with van der Waals surface area (Å²) in [5.41, 5.74) is 0.114. The van der Waals surface area contributed by atoms with Gasteiger partial charge in [-0.1, -0.05) is 11.8 Å². The first-order valence-corrected chi connectivity index (χ1v) is 4.28. The zero-order valence-electron chi connectivity index (χ0n) is 8.38. The average molecular weight is 226 g/mol. The van der Waals surface area contributed by atoms with Gasteiger partial charge in [-0.25, -0.2) is 8.78 Å². The van der Waals surface area contributed by atoms with Gasteiger partial charge in [0.2, 0.25) is 0 Å². The summed E-state index contributed by atoms with van der Waals surface area (Å²) < 4.78 is 30.4. The predicted octanol–water partition coefficient (Wildman–Crippen LogP) is 1.80. The molecule has 3 nitrogen and oxygen atoms in total. The Morgan fingerprint density at radius 2 is 2.06 bits per heavy atom. The topological polar surface area (TPSA) is 46.5 Å². The Hall–Kier alpha value is -2.09. The van der Waals surface area contributed by atoms with Crippen LogP contribution >= 0.6 is 0 Å². The van der Waals surface area contributed by atoms with Crippen molar-refractivity contribution in [2.24, 2.45) is 0 Å². The van der Waals surface area contributed by atoms with Crippen LogP contribution in [0.1, 0.15) is 12.0 Å². The van der Waals surface area contributed by atoms with Crippen LogP contribution in [0, 0.1) is 23.5 Å². The predicted molar refractivity (Wildman–Crippen MR) is 52.0 cm³/mol. The second-order valence-corrected chi connectivity index (χ2v) is 2.84. The third kappa shape index (κ3) is 2.95. The lowest BCUT2D eigenvalue weighted by molar-refractivity contribution is -0.135. The molecular weight excluding hydrogens is 218 g/mol. The van der Waals surface area contributed by atoms with Crippen LogP contribution in [0.2, 0.25) is 0 Å². The molecule has 0 spiro atoms. The number of aliphatic carboxylic acids is 1. The van der Waals surface area contributed by atoms with E-state index in [0.717, 1.165) is 12.1 Å². The van der Waals surface area contributed by atoms with Gasteiger partial charge in [-0.3, -0.25) is 4.79 Å². The van der Waals surface area contributed by atoms with Gasteiger partial charge in [-0.2, -0.15) is 0 Å². The fraction of sp³-hybridized carbons (Fsp3) is 0.182. The van der Waals surface area contributed by atoms with Crippen molar-refractivity contribution >= 4 is 5.97 Å². The van der Waals surface area contributed by atoms with Crippen molar-refractivity contribution in [1.82, 2.24) is 0 Å². The van der Waals surface area contributed by atoms with Crippen LogP contribution in [0.15, 0.2) is 12.1 Å². The van der Waals surface area contributed by atoms with E-state index in [1.807, 2.05) is 0 Å². The monoisotopic (exact) mass is 226 g/mol. The van der Waals surface area contributed by atoms with Crippen LogP contribution in [0.5, 0.6) is 5.75 Å². The van der Waals surface area contributed by atoms with E-state index in [-0.39, 0.29) is 17.7 Å². The van der Waals surface area contributed by atoms with E-state index in [4.69, 9.17) is 9.84 Å². The highest BCUT2D eigenvalue weighted by molar-refractivity contribution is 5.70. The van der Waals surface area contributed by atoms with Gasteiger partial charge >= 0.3 is 5.97 Å². The lowest BCUT2D eigenvalue weighted by Gasteiger charge is -2.03. The van der Waals surface area contributed by atoms with Crippen molar-refractivity contribution in [2.75, 3.05) is 7.11 Å². The van der Waals surface area contributed by atoms with E-state index >= 15 is 0 Å². The summed E-state index contributed by atoms with van der Waals surface area (Å²) in [5, 5.41) is 8.35. The summed E-state index contributed by atoms with van der Waals surface area (Å²) in [6.45, 7) is 0. The van der Waals surface area contributed by atoms with Crippen LogP contribution in [-0.4, -0.2) is 18.2 Å². The van der Waals surface area contributed by atoms with Crippen LogP contribution in [0.3, 0.4) is 0 Å². The van der Waals surface area contributed by atoms with Gasteiger partial charge in [0.25, 0.3) is 0 Å². The summed E-state index contributed by atoms with van der Waals surface area (Å²) in [6.07, 6.45) is -0.373. The number of benzene rings is 1. The smallest absolute Gasteiger partial charge is 0.315 e. The lowest BCUT2D eigenvalue weighted by Crippen LogP contribution is -1.94. The number of hydrogen-bond donors (Lipinski definition) is 1. The first-order valence-electron chi connectivity index (χ1n) is 4.28. The molecule has 0 aromatic heterocycles. The Kier molecular flexibility index (Phi) is 3.84.